The Kier molecular flexibility index (Phi) is 3.19. The number of hydrogen-bond donors (Lipinski definition) is 4. The Hall–Kier alpha value is -1.71. The van der Waals surface area contributed by atoms with E-state index in [9.17, 15) is 10.2 Å². The second kappa shape index (κ2) is 4.21. The van der Waals surface area contributed by atoms with Gasteiger partial charge in [0.1, 0.15) is 17.3 Å². The molecule has 0 aliphatic carbocycles. The summed E-state index contributed by atoms with van der Waals surface area (Å²) >= 11 is 0. The summed E-state index contributed by atoms with van der Waals surface area (Å²) in [5.74, 6) is -0.202. The Morgan fingerprint density at radius 1 is 1.40 bits per heavy atom. The molecule has 0 fully saturated rings. The summed E-state index contributed by atoms with van der Waals surface area (Å²) in [6.45, 7) is 3.60. The molecule has 0 aliphatic rings. The van der Waals surface area contributed by atoms with Gasteiger partial charge in [-0.3, -0.25) is 5.41 Å². The van der Waals surface area contributed by atoms with Crippen LogP contribution in [0, 0.1) is 12.3 Å². The van der Waals surface area contributed by atoms with Gasteiger partial charge < -0.3 is 15.9 Å². The van der Waals surface area contributed by atoms with Gasteiger partial charge in [0.15, 0.2) is 0 Å². The molecule has 0 aliphatic heterocycles. The molecule has 0 spiro atoms. The smallest absolute Gasteiger partial charge is 0.133 e. The van der Waals surface area contributed by atoms with E-state index in [-0.39, 0.29) is 22.9 Å². The third kappa shape index (κ3) is 2.03. The molecule has 0 radical (unpaired) electrons. The minimum absolute atomic E-state index is 0.0966. The van der Waals surface area contributed by atoms with Gasteiger partial charge in [0.05, 0.1) is 5.56 Å². The van der Waals surface area contributed by atoms with Crippen LogP contribution in [0.3, 0.4) is 0 Å². The van der Waals surface area contributed by atoms with Crippen molar-refractivity contribution in [2.24, 2.45) is 5.73 Å². The highest BCUT2D eigenvalue weighted by molar-refractivity contribution is 5.98. The summed E-state index contributed by atoms with van der Waals surface area (Å²) in [7, 11) is 0. The fourth-order valence-electron chi connectivity index (χ4n) is 1.53. The van der Waals surface area contributed by atoms with E-state index in [1.165, 1.54) is 0 Å². The van der Waals surface area contributed by atoms with Gasteiger partial charge in [-0.2, -0.15) is 0 Å². The quantitative estimate of drug-likeness (QED) is 0.449. The first-order valence-corrected chi connectivity index (χ1v) is 4.87. The maximum atomic E-state index is 9.74. The van der Waals surface area contributed by atoms with E-state index >= 15 is 0 Å². The van der Waals surface area contributed by atoms with Crippen LogP contribution in [-0.4, -0.2) is 16.0 Å². The second-order valence-corrected chi connectivity index (χ2v) is 3.57. The van der Waals surface area contributed by atoms with E-state index in [0.717, 1.165) is 12.0 Å². The molecule has 0 bridgehead atoms. The number of nitrogens with one attached hydrogen (secondary N) is 1. The predicted octanol–water partition coefficient (Wildman–Crippen LogP) is 1.64. The molecule has 82 valence electrons. The molecular formula is C11H16N2O2. The topological polar surface area (TPSA) is 90.3 Å². The molecule has 0 saturated heterocycles. The Morgan fingerprint density at radius 3 is 2.47 bits per heavy atom. The highest BCUT2D eigenvalue weighted by Crippen LogP contribution is 2.33. The van der Waals surface area contributed by atoms with Crippen molar-refractivity contribution in [3.05, 3.63) is 22.8 Å². The summed E-state index contributed by atoms with van der Waals surface area (Å²) in [5.41, 5.74) is 6.73. The van der Waals surface area contributed by atoms with Crippen molar-refractivity contribution in [1.82, 2.24) is 0 Å². The van der Waals surface area contributed by atoms with E-state index in [1.54, 1.807) is 13.0 Å². The van der Waals surface area contributed by atoms with Crippen molar-refractivity contribution in [2.45, 2.75) is 26.7 Å². The van der Waals surface area contributed by atoms with Crippen LogP contribution in [0.5, 0.6) is 11.5 Å². The monoisotopic (exact) mass is 208 g/mol. The first-order chi connectivity index (χ1) is 6.99. The number of nitrogen functional groups attached to an aromatic ring is 1. The lowest BCUT2D eigenvalue weighted by atomic mass is 9.99. The Balaban J connectivity index is 3.38. The first kappa shape index (κ1) is 11.4. The molecule has 0 aromatic heterocycles. The number of benzene rings is 1. The Labute approximate surface area is 88.9 Å². The minimum Gasteiger partial charge on any atom is -0.507 e. The van der Waals surface area contributed by atoms with Crippen molar-refractivity contribution in [1.29, 1.82) is 5.41 Å². The number of phenols is 2. The van der Waals surface area contributed by atoms with Crippen molar-refractivity contribution in [3.8, 4) is 11.5 Å². The van der Waals surface area contributed by atoms with Crippen molar-refractivity contribution >= 4 is 5.84 Å². The molecule has 0 amide bonds. The van der Waals surface area contributed by atoms with Crippen LogP contribution in [0.2, 0.25) is 0 Å². The van der Waals surface area contributed by atoms with Crippen LogP contribution < -0.4 is 5.73 Å². The molecule has 5 N–H and O–H groups in total. The fraction of sp³-hybridized carbons (Fsp3) is 0.364. The standard InChI is InChI=1S/C11H16N2O2/c1-3-4-7-5-8(11(12)13)10(15)6(2)9(7)14/h5,14-15H,3-4H2,1-2H3,(H3,12,13). The van der Waals surface area contributed by atoms with Gasteiger partial charge >= 0.3 is 0 Å². The zero-order valence-corrected chi connectivity index (χ0v) is 8.96. The van der Waals surface area contributed by atoms with Crippen molar-refractivity contribution in [3.63, 3.8) is 0 Å². The van der Waals surface area contributed by atoms with E-state index in [2.05, 4.69) is 0 Å². The lowest BCUT2D eigenvalue weighted by Crippen LogP contribution is -2.12. The summed E-state index contributed by atoms with van der Waals surface area (Å²) in [6, 6.07) is 1.57. The number of phenolic OH excluding ortho intramolecular Hbond substituents is 2. The molecule has 4 nitrogen and oxygen atoms in total. The highest BCUT2D eigenvalue weighted by atomic mass is 16.3. The highest BCUT2D eigenvalue weighted by Gasteiger charge is 2.14. The van der Waals surface area contributed by atoms with Crippen molar-refractivity contribution in [2.75, 3.05) is 0 Å². The molecule has 0 unspecified atom stereocenters. The molecule has 0 heterocycles. The Morgan fingerprint density at radius 2 is 2.00 bits per heavy atom. The zero-order chi connectivity index (χ0) is 11.6. The van der Waals surface area contributed by atoms with Gasteiger partial charge in [0, 0.05) is 5.56 Å². The average Bonchev–Trinajstić information content (AvgIpc) is 2.18. The summed E-state index contributed by atoms with van der Waals surface area (Å²) < 4.78 is 0. The molecule has 0 atom stereocenters. The van der Waals surface area contributed by atoms with Crippen LogP contribution >= 0.6 is 0 Å². The predicted molar refractivity (Wildman–Crippen MR) is 59.5 cm³/mol. The molecule has 1 rings (SSSR count). The third-order valence-corrected chi connectivity index (χ3v) is 2.40. The first-order valence-electron chi connectivity index (χ1n) is 4.87. The molecule has 4 heteroatoms. The molecule has 1 aromatic rings. The number of amidine groups is 1. The van der Waals surface area contributed by atoms with Gasteiger partial charge in [-0.15, -0.1) is 0 Å². The summed E-state index contributed by atoms with van der Waals surface area (Å²) in [4.78, 5) is 0. The largest absolute Gasteiger partial charge is 0.507 e. The van der Waals surface area contributed by atoms with Crippen LogP contribution in [0.15, 0.2) is 6.07 Å². The summed E-state index contributed by atoms with van der Waals surface area (Å²) in [5, 5.41) is 26.7. The fourth-order valence-corrected chi connectivity index (χ4v) is 1.53. The molecule has 0 saturated carbocycles. The maximum absolute atomic E-state index is 9.74. The molecule has 1 aromatic carbocycles. The average molecular weight is 208 g/mol. The lowest BCUT2D eigenvalue weighted by molar-refractivity contribution is 0.437. The number of nitrogens with two attached hydrogens (primary N) is 1. The zero-order valence-electron chi connectivity index (χ0n) is 8.96. The minimum atomic E-state index is -0.187. The van der Waals surface area contributed by atoms with Gasteiger partial charge in [0.2, 0.25) is 0 Å². The SMILES string of the molecule is CCCc1cc(C(=N)N)c(O)c(C)c1O. The van der Waals surface area contributed by atoms with Crippen molar-refractivity contribution < 1.29 is 10.2 Å². The third-order valence-electron chi connectivity index (χ3n) is 2.40. The molecule has 15 heavy (non-hydrogen) atoms. The van der Waals surface area contributed by atoms with E-state index < -0.39 is 0 Å². The van der Waals surface area contributed by atoms with Gasteiger partial charge in [-0.05, 0) is 25.0 Å². The van der Waals surface area contributed by atoms with E-state index in [1.807, 2.05) is 6.92 Å². The van der Waals surface area contributed by atoms with E-state index in [4.69, 9.17) is 11.1 Å². The number of aromatic hydroxyl groups is 2. The van der Waals surface area contributed by atoms with Crippen LogP contribution in [0.1, 0.15) is 30.0 Å². The van der Waals surface area contributed by atoms with Gasteiger partial charge in [0.25, 0.3) is 0 Å². The Bertz CT molecular complexity index is 400. The number of hydrogen-bond acceptors (Lipinski definition) is 3. The van der Waals surface area contributed by atoms with E-state index in [0.29, 0.717) is 12.0 Å². The van der Waals surface area contributed by atoms with Gasteiger partial charge in [-0.1, -0.05) is 13.3 Å². The summed E-state index contributed by atoms with van der Waals surface area (Å²) in [6.07, 6.45) is 1.59. The second-order valence-electron chi connectivity index (χ2n) is 3.57. The van der Waals surface area contributed by atoms with Crippen LogP contribution in [-0.2, 0) is 6.42 Å². The normalized spacial score (nSPS) is 10.3. The number of rotatable bonds is 3. The number of aryl methyl sites for hydroxylation is 1. The lowest BCUT2D eigenvalue weighted by Gasteiger charge is -2.12. The molecular weight excluding hydrogens is 192 g/mol. The van der Waals surface area contributed by atoms with Crippen LogP contribution in [0.4, 0.5) is 0 Å². The van der Waals surface area contributed by atoms with Gasteiger partial charge in [-0.25, -0.2) is 0 Å². The maximum Gasteiger partial charge on any atom is 0.133 e. The van der Waals surface area contributed by atoms with Crippen LogP contribution in [0.25, 0.3) is 0 Å².